The second-order valence-electron chi connectivity index (χ2n) is 8.14. The van der Waals surface area contributed by atoms with E-state index in [1.807, 2.05) is 30.3 Å². The van der Waals surface area contributed by atoms with Gasteiger partial charge in [0.2, 0.25) is 10.0 Å². The SMILES string of the molecule is CC1CCCN(C(C)CNC(=O)c2cccc(S(=O)(=O)NCc3ccccc3)c2)C1. The lowest BCUT2D eigenvalue weighted by atomic mass is 9.99. The van der Waals surface area contributed by atoms with E-state index in [0.717, 1.165) is 18.7 Å². The average Bonchev–Trinajstić information content (AvgIpc) is 2.76. The zero-order chi connectivity index (χ0) is 21.6. The molecule has 2 aromatic carbocycles. The first-order valence-electron chi connectivity index (χ1n) is 10.5. The molecular weight excluding hydrogens is 398 g/mol. The van der Waals surface area contributed by atoms with E-state index < -0.39 is 10.0 Å². The van der Waals surface area contributed by atoms with Crippen LogP contribution in [0.15, 0.2) is 59.5 Å². The molecule has 7 heteroatoms. The molecule has 162 valence electrons. The highest BCUT2D eigenvalue weighted by Gasteiger charge is 2.22. The van der Waals surface area contributed by atoms with E-state index in [0.29, 0.717) is 18.0 Å². The molecule has 2 aromatic rings. The van der Waals surface area contributed by atoms with Gasteiger partial charge in [0, 0.05) is 31.2 Å². The van der Waals surface area contributed by atoms with Gasteiger partial charge in [-0.2, -0.15) is 0 Å². The van der Waals surface area contributed by atoms with Crippen LogP contribution in [0.4, 0.5) is 0 Å². The summed E-state index contributed by atoms with van der Waals surface area (Å²) in [5.41, 5.74) is 1.22. The predicted octanol–water partition coefficient (Wildman–Crippen LogP) is 3.02. The van der Waals surface area contributed by atoms with Crippen LogP contribution in [0.5, 0.6) is 0 Å². The summed E-state index contributed by atoms with van der Waals surface area (Å²) in [4.78, 5) is 15.1. The lowest BCUT2D eigenvalue weighted by Crippen LogP contribution is -2.46. The van der Waals surface area contributed by atoms with Gasteiger partial charge in [-0.15, -0.1) is 0 Å². The molecular formula is C23H31N3O3S. The molecule has 1 aliphatic heterocycles. The van der Waals surface area contributed by atoms with E-state index in [1.165, 1.54) is 25.0 Å². The number of carbonyl (C=O) groups excluding carboxylic acids is 1. The molecule has 3 rings (SSSR count). The molecule has 0 saturated carbocycles. The lowest BCUT2D eigenvalue weighted by molar-refractivity contribution is 0.0917. The van der Waals surface area contributed by atoms with Crippen molar-refractivity contribution in [3.05, 3.63) is 65.7 Å². The van der Waals surface area contributed by atoms with Gasteiger partial charge in [0.25, 0.3) is 5.91 Å². The summed E-state index contributed by atoms with van der Waals surface area (Å²) in [6.45, 7) is 7.22. The van der Waals surface area contributed by atoms with Crippen LogP contribution in [-0.4, -0.2) is 44.9 Å². The van der Waals surface area contributed by atoms with Gasteiger partial charge < -0.3 is 5.32 Å². The summed E-state index contributed by atoms with van der Waals surface area (Å²) in [7, 11) is -3.71. The molecule has 1 aliphatic rings. The van der Waals surface area contributed by atoms with Gasteiger partial charge in [0.15, 0.2) is 0 Å². The van der Waals surface area contributed by atoms with Crippen molar-refractivity contribution < 1.29 is 13.2 Å². The molecule has 1 heterocycles. The van der Waals surface area contributed by atoms with Crippen LogP contribution >= 0.6 is 0 Å². The van der Waals surface area contributed by atoms with E-state index in [9.17, 15) is 13.2 Å². The van der Waals surface area contributed by atoms with Crippen molar-refractivity contribution in [1.29, 1.82) is 0 Å². The van der Waals surface area contributed by atoms with E-state index in [-0.39, 0.29) is 23.4 Å². The van der Waals surface area contributed by atoms with Crippen molar-refractivity contribution in [2.24, 2.45) is 5.92 Å². The Balaban J connectivity index is 1.59. The third-order valence-corrected chi connectivity index (χ3v) is 6.98. The van der Waals surface area contributed by atoms with Gasteiger partial charge in [-0.3, -0.25) is 9.69 Å². The number of benzene rings is 2. The summed E-state index contributed by atoms with van der Waals surface area (Å²) in [6.07, 6.45) is 2.45. The largest absolute Gasteiger partial charge is 0.350 e. The zero-order valence-corrected chi connectivity index (χ0v) is 18.5. The molecule has 1 fully saturated rings. The molecule has 1 saturated heterocycles. The van der Waals surface area contributed by atoms with Crippen molar-refractivity contribution in [1.82, 2.24) is 14.9 Å². The Morgan fingerprint density at radius 2 is 1.93 bits per heavy atom. The molecule has 2 unspecified atom stereocenters. The van der Waals surface area contributed by atoms with Crippen molar-refractivity contribution >= 4 is 15.9 Å². The summed E-state index contributed by atoms with van der Waals surface area (Å²) in [5, 5.41) is 2.95. The van der Waals surface area contributed by atoms with Crippen LogP contribution in [0.3, 0.4) is 0 Å². The second-order valence-corrected chi connectivity index (χ2v) is 9.91. The van der Waals surface area contributed by atoms with Gasteiger partial charge in [-0.25, -0.2) is 13.1 Å². The highest BCUT2D eigenvalue weighted by atomic mass is 32.2. The summed E-state index contributed by atoms with van der Waals surface area (Å²) < 4.78 is 27.9. The Hall–Kier alpha value is -2.22. The Labute approximate surface area is 179 Å². The van der Waals surface area contributed by atoms with Crippen molar-refractivity contribution in [3.8, 4) is 0 Å². The highest BCUT2D eigenvalue weighted by Crippen LogP contribution is 2.17. The van der Waals surface area contributed by atoms with Crippen LogP contribution in [0.2, 0.25) is 0 Å². The fourth-order valence-corrected chi connectivity index (χ4v) is 4.82. The minimum absolute atomic E-state index is 0.0870. The standard InChI is InChI=1S/C23H31N3O3S/c1-18-8-7-13-26(17-18)19(2)15-24-23(27)21-11-6-12-22(14-21)30(28,29)25-16-20-9-4-3-5-10-20/h3-6,9-12,14,18-19,25H,7-8,13,15-17H2,1-2H3,(H,24,27). The third kappa shape index (κ3) is 6.14. The molecule has 0 bridgehead atoms. The fourth-order valence-electron chi connectivity index (χ4n) is 3.76. The van der Waals surface area contributed by atoms with Crippen molar-refractivity contribution in [2.75, 3.05) is 19.6 Å². The molecule has 2 N–H and O–H groups in total. The topological polar surface area (TPSA) is 78.5 Å². The number of hydrogen-bond acceptors (Lipinski definition) is 4. The molecule has 0 aliphatic carbocycles. The van der Waals surface area contributed by atoms with E-state index in [1.54, 1.807) is 12.1 Å². The van der Waals surface area contributed by atoms with Crippen LogP contribution < -0.4 is 10.0 Å². The number of nitrogens with zero attached hydrogens (tertiary/aromatic N) is 1. The molecule has 6 nitrogen and oxygen atoms in total. The number of rotatable bonds is 8. The molecule has 0 spiro atoms. The van der Waals surface area contributed by atoms with Gasteiger partial charge in [-0.1, -0.05) is 43.3 Å². The number of piperidine rings is 1. The van der Waals surface area contributed by atoms with Gasteiger partial charge in [0.1, 0.15) is 0 Å². The van der Waals surface area contributed by atoms with Crippen molar-refractivity contribution in [3.63, 3.8) is 0 Å². The number of carbonyl (C=O) groups is 1. The smallest absolute Gasteiger partial charge is 0.251 e. The molecule has 1 amide bonds. The Morgan fingerprint density at radius 3 is 2.67 bits per heavy atom. The lowest BCUT2D eigenvalue weighted by Gasteiger charge is -2.35. The normalized spacial score (nSPS) is 18.7. The third-order valence-electron chi connectivity index (χ3n) is 5.59. The van der Waals surface area contributed by atoms with Gasteiger partial charge >= 0.3 is 0 Å². The maximum absolute atomic E-state index is 12.6. The first-order chi connectivity index (χ1) is 14.3. The number of hydrogen-bond donors (Lipinski definition) is 2. The number of nitrogens with one attached hydrogen (secondary N) is 2. The first-order valence-corrected chi connectivity index (χ1v) is 12.0. The maximum Gasteiger partial charge on any atom is 0.251 e. The van der Waals surface area contributed by atoms with Gasteiger partial charge in [-0.05, 0) is 56.0 Å². The Morgan fingerprint density at radius 1 is 1.17 bits per heavy atom. The summed E-state index contributed by atoms with van der Waals surface area (Å²) >= 11 is 0. The maximum atomic E-state index is 12.6. The summed E-state index contributed by atoms with van der Waals surface area (Å²) in [6, 6.07) is 15.7. The minimum atomic E-state index is -3.71. The van der Waals surface area contributed by atoms with Crippen LogP contribution in [-0.2, 0) is 16.6 Å². The van der Waals surface area contributed by atoms with Gasteiger partial charge in [0.05, 0.1) is 4.90 Å². The fraction of sp³-hybridized carbons (Fsp3) is 0.435. The second kappa shape index (κ2) is 10.2. The average molecular weight is 430 g/mol. The summed E-state index contributed by atoms with van der Waals surface area (Å²) in [5.74, 6) is 0.425. The Bertz CT molecular complexity index is 947. The van der Waals surface area contributed by atoms with Crippen molar-refractivity contribution in [2.45, 2.75) is 44.2 Å². The van der Waals surface area contributed by atoms with Crippen LogP contribution in [0.25, 0.3) is 0 Å². The molecule has 2 atom stereocenters. The molecule has 30 heavy (non-hydrogen) atoms. The molecule has 0 radical (unpaired) electrons. The zero-order valence-electron chi connectivity index (χ0n) is 17.7. The monoisotopic (exact) mass is 429 g/mol. The number of likely N-dealkylation sites (tertiary alicyclic amines) is 1. The van der Waals surface area contributed by atoms with E-state index >= 15 is 0 Å². The number of sulfonamides is 1. The van der Waals surface area contributed by atoms with Crippen LogP contribution in [0, 0.1) is 5.92 Å². The van der Waals surface area contributed by atoms with E-state index in [2.05, 4.69) is 28.8 Å². The minimum Gasteiger partial charge on any atom is -0.350 e. The number of amides is 1. The highest BCUT2D eigenvalue weighted by molar-refractivity contribution is 7.89. The van der Waals surface area contributed by atoms with Crippen LogP contribution in [0.1, 0.15) is 42.6 Å². The molecule has 0 aromatic heterocycles. The quantitative estimate of drug-likeness (QED) is 0.676. The van der Waals surface area contributed by atoms with E-state index in [4.69, 9.17) is 0 Å². The predicted molar refractivity (Wildman–Crippen MR) is 119 cm³/mol. The first kappa shape index (κ1) is 22.5. The Kier molecular flexibility index (Phi) is 7.64.